The van der Waals surface area contributed by atoms with Gasteiger partial charge >= 0.3 is 0 Å². The van der Waals surface area contributed by atoms with Gasteiger partial charge in [-0.2, -0.15) is 4.98 Å². The van der Waals surface area contributed by atoms with E-state index in [1.165, 1.54) is 6.42 Å². The zero-order chi connectivity index (χ0) is 16.5. The van der Waals surface area contributed by atoms with Crippen molar-refractivity contribution in [3.8, 4) is 5.88 Å². The number of nitrogens with zero attached hydrogens (tertiary/aromatic N) is 3. The van der Waals surface area contributed by atoms with Crippen LogP contribution in [0.15, 0.2) is 12.1 Å². The molecule has 1 unspecified atom stereocenters. The molecule has 2 aromatic rings. The Balaban J connectivity index is 1.62. The van der Waals surface area contributed by atoms with Crippen molar-refractivity contribution in [3.63, 3.8) is 0 Å². The van der Waals surface area contributed by atoms with E-state index in [1.807, 2.05) is 12.1 Å². The molecule has 0 N–H and O–H groups in total. The van der Waals surface area contributed by atoms with E-state index in [0.717, 1.165) is 42.9 Å². The highest BCUT2D eigenvalue weighted by molar-refractivity contribution is 5.82. The number of imidazole rings is 1. The molecule has 3 heterocycles. The van der Waals surface area contributed by atoms with E-state index in [9.17, 15) is 4.79 Å². The number of aromatic nitrogens is 3. The lowest BCUT2D eigenvalue weighted by Gasteiger charge is -2.28. The Morgan fingerprint density at radius 2 is 2.21 bits per heavy atom. The summed E-state index contributed by atoms with van der Waals surface area (Å²) in [5, 5.41) is 0. The zero-order valence-electron chi connectivity index (χ0n) is 14.0. The zero-order valence-corrected chi connectivity index (χ0v) is 14.0. The second kappa shape index (κ2) is 6.51. The van der Waals surface area contributed by atoms with E-state index in [-0.39, 0.29) is 5.78 Å². The molecule has 6 nitrogen and oxygen atoms in total. The molecule has 0 radical (unpaired) electrons. The standard InChI is InChI=1S/C18H23N3O3/c1-23-17-6-5-15-18(20-17)21(13-3-2-4-13)16(19-15)10-14(22)9-12-7-8-24-11-12/h5-6,12-13H,2-4,7-11H2,1H3. The molecule has 24 heavy (non-hydrogen) atoms. The summed E-state index contributed by atoms with van der Waals surface area (Å²) >= 11 is 0. The van der Waals surface area contributed by atoms with Crippen LogP contribution in [0.2, 0.25) is 0 Å². The van der Waals surface area contributed by atoms with Gasteiger partial charge < -0.3 is 14.0 Å². The quantitative estimate of drug-likeness (QED) is 0.815. The second-order valence-electron chi connectivity index (χ2n) is 6.83. The number of methoxy groups -OCH3 is 1. The normalized spacial score (nSPS) is 21.1. The van der Waals surface area contributed by atoms with Crippen molar-refractivity contribution in [1.29, 1.82) is 0 Å². The molecule has 1 saturated heterocycles. The van der Waals surface area contributed by atoms with Crippen LogP contribution in [0.1, 0.15) is 44.0 Å². The van der Waals surface area contributed by atoms with Crippen LogP contribution in [0.5, 0.6) is 5.88 Å². The van der Waals surface area contributed by atoms with Crippen molar-refractivity contribution < 1.29 is 14.3 Å². The minimum atomic E-state index is 0.244. The number of pyridine rings is 1. The third-order valence-electron chi connectivity index (χ3n) is 5.13. The van der Waals surface area contributed by atoms with Gasteiger partial charge in [-0.1, -0.05) is 0 Å². The van der Waals surface area contributed by atoms with Crippen LogP contribution < -0.4 is 4.74 Å². The average Bonchev–Trinajstić information content (AvgIpc) is 3.14. The van der Waals surface area contributed by atoms with Gasteiger partial charge in [0.1, 0.15) is 17.1 Å². The van der Waals surface area contributed by atoms with Gasteiger partial charge in [-0.05, 0) is 37.7 Å². The third kappa shape index (κ3) is 2.90. The monoisotopic (exact) mass is 329 g/mol. The Bertz CT molecular complexity index is 745. The van der Waals surface area contributed by atoms with Crippen molar-refractivity contribution in [1.82, 2.24) is 14.5 Å². The van der Waals surface area contributed by atoms with Crippen LogP contribution >= 0.6 is 0 Å². The van der Waals surface area contributed by atoms with Gasteiger partial charge in [0.2, 0.25) is 5.88 Å². The largest absolute Gasteiger partial charge is 0.481 e. The highest BCUT2D eigenvalue weighted by Gasteiger charge is 2.27. The van der Waals surface area contributed by atoms with Crippen LogP contribution in [-0.4, -0.2) is 40.6 Å². The number of fused-ring (bicyclic) bond motifs is 1. The molecular weight excluding hydrogens is 306 g/mol. The van der Waals surface area contributed by atoms with Crippen molar-refractivity contribution >= 4 is 16.9 Å². The molecule has 6 heteroatoms. The SMILES string of the molecule is COc1ccc2nc(CC(=O)CC3CCOC3)n(C3CCC3)c2n1. The molecule has 2 aromatic heterocycles. The van der Waals surface area contributed by atoms with Gasteiger partial charge in [0.05, 0.1) is 13.5 Å². The number of ketones is 1. The van der Waals surface area contributed by atoms with Crippen LogP contribution in [-0.2, 0) is 16.0 Å². The summed E-state index contributed by atoms with van der Waals surface area (Å²) in [5.74, 6) is 2.05. The maximum Gasteiger partial charge on any atom is 0.215 e. The van der Waals surface area contributed by atoms with Crippen molar-refractivity contribution in [2.24, 2.45) is 5.92 Å². The van der Waals surface area contributed by atoms with Gasteiger partial charge in [0, 0.05) is 31.7 Å². The Kier molecular flexibility index (Phi) is 4.22. The first-order valence-electron chi connectivity index (χ1n) is 8.76. The summed E-state index contributed by atoms with van der Waals surface area (Å²) in [6, 6.07) is 4.16. The number of hydrogen-bond donors (Lipinski definition) is 0. The number of ether oxygens (including phenoxy) is 2. The fourth-order valence-corrected chi connectivity index (χ4v) is 3.59. The Morgan fingerprint density at radius 1 is 1.33 bits per heavy atom. The van der Waals surface area contributed by atoms with Crippen molar-refractivity contribution in [3.05, 3.63) is 18.0 Å². The topological polar surface area (TPSA) is 66.2 Å². The fourth-order valence-electron chi connectivity index (χ4n) is 3.59. The summed E-state index contributed by atoms with van der Waals surface area (Å²) in [7, 11) is 1.62. The molecule has 1 aliphatic carbocycles. The van der Waals surface area contributed by atoms with Crippen LogP contribution in [0.25, 0.3) is 11.2 Å². The highest BCUT2D eigenvalue weighted by Crippen LogP contribution is 2.35. The summed E-state index contributed by atoms with van der Waals surface area (Å²) < 4.78 is 12.8. The molecule has 128 valence electrons. The van der Waals surface area contributed by atoms with Crippen LogP contribution in [0.3, 0.4) is 0 Å². The average molecular weight is 329 g/mol. The Morgan fingerprint density at radius 3 is 2.88 bits per heavy atom. The smallest absolute Gasteiger partial charge is 0.215 e. The van der Waals surface area contributed by atoms with Gasteiger partial charge in [-0.3, -0.25) is 4.79 Å². The van der Waals surface area contributed by atoms with E-state index >= 15 is 0 Å². The van der Waals surface area contributed by atoms with Gasteiger partial charge in [-0.15, -0.1) is 0 Å². The third-order valence-corrected chi connectivity index (χ3v) is 5.13. The van der Waals surface area contributed by atoms with E-state index in [1.54, 1.807) is 7.11 Å². The van der Waals surface area contributed by atoms with Gasteiger partial charge in [0.15, 0.2) is 5.65 Å². The molecule has 0 amide bonds. The maximum absolute atomic E-state index is 12.5. The lowest BCUT2D eigenvalue weighted by atomic mass is 9.92. The van der Waals surface area contributed by atoms with Crippen molar-refractivity contribution in [2.45, 2.75) is 44.6 Å². The van der Waals surface area contributed by atoms with Crippen LogP contribution in [0, 0.1) is 5.92 Å². The molecule has 1 saturated carbocycles. The van der Waals surface area contributed by atoms with E-state index < -0.39 is 0 Å². The van der Waals surface area contributed by atoms with Gasteiger partial charge in [0.25, 0.3) is 0 Å². The fraction of sp³-hybridized carbons (Fsp3) is 0.611. The molecule has 0 aromatic carbocycles. The number of carbonyl (C=O) groups excluding carboxylic acids is 1. The molecule has 2 fully saturated rings. The van der Waals surface area contributed by atoms with Crippen molar-refractivity contribution in [2.75, 3.05) is 20.3 Å². The lowest BCUT2D eigenvalue weighted by molar-refractivity contribution is -0.119. The first-order chi connectivity index (χ1) is 11.7. The second-order valence-corrected chi connectivity index (χ2v) is 6.83. The molecular formula is C18H23N3O3. The maximum atomic E-state index is 12.5. The van der Waals surface area contributed by atoms with E-state index in [0.29, 0.717) is 37.3 Å². The minimum absolute atomic E-state index is 0.244. The highest BCUT2D eigenvalue weighted by atomic mass is 16.5. The predicted octanol–water partition coefficient (Wildman–Crippen LogP) is 2.70. The summed E-state index contributed by atoms with van der Waals surface area (Å²) in [6.07, 6.45) is 5.44. The number of hydrogen-bond acceptors (Lipinski definition) is 5. The predicted molar refractivity (Wildman–Crippen MR) is 89.2 cm³/mol. The lowest BCUT2D eigenvalue weighted by Crippen LogP contribution is -2.21. The first-order valence-corrected chi connectivity index (χ1v) is 8.76. The first kappa shape index (κ1) is 15.6. The summed E-state index contributed by atoms with van der Waals surface area (Å²) in [5.41, 5.74) is 1.68. The van der Waals surface area contributed by atoms with E-state index in [4.69, 9.17) is 14.5 Å². The number of carbonyl (C=O) groups is 1. The molecule has 0 bridgehead atoms. The molecule has 1 atom stereocenters. The Labute approximate surface area is 141 Å². The minimum Gasteiger partial charge on any atom is -0.481 e. The number of Topliss-reactive ketones (excluding diaryl/α,β-unsaturated/α-hetero) is 1. The number of rotatable bonds is 6. The molecule has 4 rings (SSSR count). The summed E-state index contributed by atoms with van der Waals surface area (Å²) in [4.78, 5) is 21.8. The van der Waals surface area contributed by atoms with Gasteiger partial charge in [-0.25, -0.2) is 4.98 Å². The molecule has 1 aliphatic heterocycles. The van der Waals surface area contributed by atoms with E-state index in [2.05, 4.69) is 9.55 Å². The molecule has 0 spiro atoms. The molecule has 2 aliphatic rings. The Hall–Kier alpha value is -1.95. The van der Waals surface area contributed by atoms with Crippen LogP contribution in [0.4, 0.5) is 0 Å². The summed E-state index contributed by atoms with van der Waals surface area (Å²) in [6.45, 7) is 1.49.